The zero-order valence-corrected chi connectivity index (χ0v) is 13.3. The predicted octanol–water partition coefficient (Wildman–Crippen LogP) is 5.61. The minimum Gasteiger partial charge on any atom is -0.348 e. The van der Waals surface area contributed by atoms with E-state index in [1.807, 2.05) is 37.9 Å². The van der Waals surface area contributed by atoms with Crippen molar-refractivity contribution < 1.29 is 13.2 Å². The predicted molar refractivity (Wildman–Crippen MR) is 87.4 cm³/mol. The van der Waals surface area contributed by atoms with Gasteiger partial charge in [-0.15, -0.1) is 0 Å². The lowest BCUT2D eigenvalue weighted by molar-refractivity contribution is -0.137. The van der Waals surface area contributed by atoms with Crippen molar-refractivity contribution in [2.24, 2.45) is 0 Å². The molecule has 0 radical (unpaired) electrons. The SMILES string of the molecule is C=C1N(C)c2ccc(-c3ccccc3C(F)(F)F)cc2C1(C)C. The molecule has 2 aromatic carbocycles. The molecule has 3 rings (SSSR count). The van der Waals surface area contributed by atoms with Gasteiger partial charge in [-0.3, -0.25) is 0 Å². The van der Waals surface area contributed by atoms with Crippen molar-refractivity contribution in [2.45, 2.75) is 25.4 Å². The highest BCUT2D eigenvalue weighted by Crippen LogP contribution is 2.48. The number of allylic oxidation sites excluding steroid dienone is 1. The van der Waals surface area contributed by atoms with Crippen LogP contribution in [0.2, 0.25) is 0 Å². The first-order valence-corrected chi connectivity index (χ1v) is 7.38. The van der Waals surface area contributed by atoms with Gasteiger partial charge in [0.1, 0.15) is 0 Å². The van der Waals surface area contributed by atoms with Gasteiger partial charge in [0.25, 0.3) is 0 Å². The molecule has 0 saturated heterocycles. The summed E-state index contributed by atoms with van der Waals surface area (Å²) in [5.74, 6) is 0. The summed E-state index contributed by atoms with van der Waals surface area (Å²) in [7, 11) is 1.93. The van der Waals surface area contributed by atoms with Crippen LogP contribution in [0, 0.1) is 0 Å². The number of hydrogen-bond acceptors (Lipinski definition) is 1. The molecule has 0 fully saturated rings. The van der Waals surface area contributed by atoms with E-state index in [-0.39, 0.29) is 11.0 Å². The number of hydrogen-bond donors (Lipinski definition) is 0. The molecule has 0 amide bonds. The summed E-state index contributed by atoms with van der Waals surface area (Å²) in [4.78, 5) is 1.99. The zero-order valence-electron chi connectivity index (χ0n) is 13.3. The Balaban J connectivity index is 2.20. The second-order valence-electron chi connectivity index (χ2n) is 6.41. The fourth-order valence-electron chi connectivity index (χ4n) is 3.20. The van der Waals surface area contributed by atoms with Crippen LogP contribution in [0.1, 0.15) is 25.0 Å². The van der Waals surface area contributed by atoms with Gasteiger partial charge in [0.2, 0.25) is 0 Å². The van der Waals surface area contributed by atoms with Gasteiger partial charge < -0.3 is 4.90 Å². The van der Waals surface area contributed by atoms with Crippen molar-refractivity contribution in [1.29, 1.82) is 0 Å². The van der Waals surface area contributed by atoms with Gasteiger partial charge in [-0.2, -0.15) is 13.2 Å². The fraction of sp³-hybridized carbons (Fsp3) is 0.263. The average Bonchev–Trinajstić information content (AvgIpc) is 2.67. The molecule has 0 saturated carbocycles. The lowest BCUT2D eigenvalue weighted by Gasteiger charge is -2.22. The standard InChI is InChI=1S/C19H18F3N/c1-12-18(2,3)16-11-13(9-10-17(16)23(12)4)14-7-5-6-8-15(14)19(20,21)22/h5-11H,1H2,2-4H3. The monoisotopic (exact) mass is 317 g/mol. The molecule has 1 nitrogen and oxygen atoms in total. The summed E-state index contributed by atoms with van der Waals surface area (Å²) in [6, 6.07) is 11.2. The summed E-state index contributed by atoms with van der Waals surface area (Å²) >= 11 is 0. The largest absolute Gasteiger partial charge is 0.417 e. The van der Waals surface area contributed by atoms with Crippen LogP contribution < -0.4 is 4.90 Å². The Kier molecular flexibility index (Phi) is 3.32. The summed E-state index contributed by atoms with van der Waals surface area (Å²) in [5, 5.41) is 0. The number of alkyl halides is 3. The number of nitrogens with zero attached hydrogens (tertiary/aromatic N) is 1. The summed E-state index contributed by atoms with van der Waals surface area (Å²) < 4.78 is 39.8. The minimum absolute atomic E-state index is 0.207. The maximum Gasteiger partial charge on any atom is 0.417 e. The first kappa shape index (κ1) is 15.7. The van der Waals surface area contributed by atoms with Gasteiger partial charge in [0.15, 0.2) is 0 Å². The van der Waals surface area contributed by atoms with E-state index in [4.69, 9.17) is 0 Å². The number of halogens is 3. The van der Waals surface area contributed by atoms with Crippen LogP contribution in [0.3, 0.4) is 0 Å². The Hall–Kier alpha value is -2.23. The molecule has 2 aromatic rings. The third kappa shape index (κ3) is 2.33. The van der Waals surface area contributed by atoms with E-state index >= 15 is 0 Å². The van der Waals surface area contributed by atoms with E-state index in [1.54, 1.807) is 12.1 Å². The van der Waals surface area contributed by atoms with Crippen molar-refractivity contribution in [3.8, 4) is 11.1 Å². The highest BCUT2D eigenvalue weighted by molar-refractivity contribution is 5.77. The quantitative estimate of drug-likeness (QED) is 0.660. The minimum atomic E-state index is -4.37. The third-order valence-corrected chi connectivity index (χ3v) is 4.70. The van der Waals surface area contributed by atoms with Crippen LogP contribution in [0.15, 0.2) is 54.7 Å². The van der Waals surface area contributed by atoms with Crippen molar-refractivity contribution >= 4 is 5.69 Å². The zero-order chi connectivity index (χ0) is 17.0. The van der Waals surface area contributed by atoms with E-state index in [0.717, 1.165) is 23.0 Å². The fourth-order valence-corrected chi connectivity index (χ4v) is 3.20. The second kappa shape index (κ2) is 4.88. The van der Waals surface area contributed by atoms with E-state index in [0.29, 0.717) is 5.56 Å². The summed E-state index contributed by atoms with van der Waals surface area (Å²) in [6.07, 6.45) is -4.37. The van der Waals surface area contributed by atoms with Crippen LogP contribution in [-0.4, -0.2) is 7.05 Å². The lowest BCUT2D eigenvalue weighted by atomic mass is 9.83. The molecule has 23 heavy (non-hydrogen) atoms. The van der Waals surface area contributed by atoms with Gasteiger partial charge >= 0.3 is 6.18 Å². The molecule has 0 unspecified atom stereocenters. The summed E-state index contributed by atoms with van der Waals surface area (Å²) in [6.45, 7) is 8.19. The van der Waals surface area contributed by atoms with Gasteiger partial charge in [0, 0.05) is 23.8 Å². The van der Waals surface area contributed by atoms with Crippen LogP contribution in [0.4, 0.5) is 18.9 Å². The lowest BCUT2D eigenvalue weighted by Crippen LogP contribution is -2.21. The molecule has 1 aliphatic rings. The van der Waals surface area contributed by atoms with Crippen molar-refractivity contribution in [1.82, 2.24) is 0 Å². The smallest absolute Gasteiger partial charge is 0.348 e. The van der Waals surface area contributed by atoms with E-state index < -0.39 is 11.7 Å². The van der Waals surface area contributed by atoms with Gasteiger partial charge in [0.05, 0.1) is 5.56 Å². The topological polar surface area (TPSA) is 3.24 Å². The third-order valence-electron chi connectivity index (χ3n) is 4.70. The molecule has 1 heterocycles. The molecule has 0 aromatic heterocycles. The van der Waals surface area contributed by atoms with Gasteiger partial charge in [-0.05, 0) is 34.9 Å². The van der Waals surface area contributed by atoms with E-state index in [1.165, 1.54) is 12.1 Å². The van der Waals surface area contributed by atoms with Crippen LogP contribution in [0.5, 0.6) is 0 Å². The molecule has 4 heteroatoms. The van der Waals surface area contributed by atoms with Crippen molar-refractivity contribution in [3.05, 3.63) is 65.9 Å². The molecule has 0 N–H and O–H groups in total. The molecule has 120 valence electrons. The normalized spacial score (nSPS) is 16.6. The highest BCUT2D eigenvalue weighted by Gasteiger charge is 2.38. The Morgan fingerprint density at radius 3 is 2.35 bits per heavy atom. The molecule has 1 aliphatic heterocycles. The molecule has 0 bridgehead atoms. The summed E-state index contributed by atoms with van der Waals surface area (Å²) in [5.41, 5.74) is 2.81. The van der Waals surface area contributed by atoms with Crippen molar-refractivity contribution in [3.63, 3.8) is 0 Å². The first-order valence-electron chi connectivity index (χ1n) is 7.38. The van der Waals surface area contributed by atoms with Crippen LogP contribution >= 0.6 is 0 Å². The Bertz CT molecular complexity index is 787. The number of fused-ring (bicyclic) bond motifs is 1. The maximum absolute atomic E-state index is 13.3. The molecular weight excluding hydrogens is 299 g/mol. The molecule has 0 atom stereocenters. The van der Waals surface area contributed by atoms with Crippen LogP contribution in [0.25, 0.3) is 11.1 Å². The number of likely N-dealkylation sites (N-methyl/N-ethyl adjacent to an activating group) is 1. The molecule has 0 aliphatic carbocycles. The number of anilines is 1. The van der Waals surface area contributed by atoms with E-state index in [9.17, 15) is 13.2 Å². The first-order chi connectivity index (χ1) is 10.6. The Morgan fingerprint density at radius 2 is 1.70 bits per heavy atom. The van der Waals surface area contributed by atoms with Gasteiger partial charge in [-0.25, -0.2) is 0 Å². The average molecular weight is 317 g/mol. The Labute approximate surface area is 134 Å². The maximum atomic E-state index is 13.3. The molecular formula is C19H18F3N. The number of rotatable bonds is 1. The van der Waals surface area contributed by atoms with Crippen molar-refractivity contribution in [2.75, 3.05) is 11.9 Å². The van der Waals surface area contributed by atoms with Gasteiger partial charge in [-0.1, -0.05) is 44.7 Å². The molecule has 0 spiro atoms. The highest BCUT2D eigenvalue weighted by atomic mass is 19.4. The van der Waals surface area contributed by atoms with Crippen LogP contribution in [-0.2, 0) is 11.6 Å². The second-order valence-corrected chi connectivity index (χ2v) is 6.41. The van der Waals surface area contributed by atoms with E-state index in [2.05, 4.69) is 6.58 Å². The Morgan fingerprint density at radius 1 is 1.04 bits per heavy atom. The number of benzene rings is 2.